The van der Waals surface area contributed by atoms with Crippen LogP contribution in [0.5, 0.6) is 0 Å². The van der Waals surface area contributed by atoms with Crippen molar-refractivity contribution in [1.29, 1.82) is 0 Å². The largest absolute Gasteiger partial charge is 0.316 e. The fraction of sp³-hybridized carbons (Fsp3) is 1.00. The molecule has 1 spiro atoms. The highest BCUT2D eigenvalue weighted by Crippen LogP contribution is 2.36. The van der Waals surface area contributed by atoms with E-state index < -0.39 is 0 Å². The van der Waals surface area contributed by atoms with Crippen molar-refractivity contribution >= 4 is 0 Å². The van der Waals surface area contributed by atoms with Crippen LogP contribution in [0, 0.1) is 5.41 Å². The van der Waals surface area contributed by atoms with Gasteiger partial charge in [0.15, 0.2) is 0 Å². The molecule has 1 N–H and O–H groups in total. The molecule has 0 radical (unpaired) electrons. The molecule has 0 bridgehead atoms. The molecule has 0 atom stereocenters. The Morgan fingerprint density at radius 2 is 1.29 bits per heavy atom. The standard InChI is InChI=1S/C9H18N2.3C2H6/c1-11-6-3-9(4-7-11)2-5-10-8-9;3*1-2/h10H,2-8H2,1H3;3*1-2H3. The molecule has 0 aromatic carbocycles. The minimum absolute atomic E-state index is 0.701. The Labute approximate surface area is 110 Å². The van der Waals surface area contributed by atoms with E-state index in [1.165, 1.54) is 45.4 Å². The number of likely N-dealkylation sites (tertiary alicyclic amines) is 1. The van der Waals surface area contributed by atoms with Crippen molar-refractivity contribution in [2.24, 2.45) is 5.41 Å². The number of nitrogens with zero attached hydrogens (tertiary/aromatic N) is 1. The Hall–Kier alpha value is -0.0800. The molecule has 0 amide bonds. The highest BCUT2D eigenvalue weighted by atomic mass is 15.1. The molecule has 17 heavy (non-hydrogen) atoms. The summed E-state index contributed by atoms with van der Waals surface area (Å²) in [5.74, 6) is 0. The minimum atomic E-state index is 0.701. The third kappa shape index (κ3) is 7.05. The van der Waals surface area contributed by atoms with Gasteiger partial charge in [0.25, 0.3) is 0 Å². The minimum Gasteiger partial charge on any atom is -0.316 e. The summed E-state index contributed by atoms with van der Waals surface area (Å²) in [7, 11) is 2.23. The quantitative estimate of drug-likeness (QED) is 0.698. The summed E-state index contributed by atoms with van der Waals surface area (Å²) in [5, 5.41) is 3.48. The van der Waals surface area contributed by atoms with Gasteiger partial charge in [-0.2, -0.15) is 0 Å². The van der Waals surface area contributed by atoms with E-state index >= 15 is 0 Å². The Bertz CT molecular complexity index is 130. The lowest BCUT2D eigenvalue weighted by Crippen LogP contribution is -2.39. The number of nitrogens with one attached hydrogen (secondary N) is 1. The van der Waals surface area contributed by atoms with Crippen LogP contribution in [0.2, 0.25) is 0 Å². The fourth-order valence-electron chi connectivity index (χ4n) is 2.32. The average Bonchev–Trinajstić information content (AvgIpc) is 2.89. The van der Waals surface area contributed by atoms with Gasteiger partial charge in [-0.25, -0.2) is 0 Å². The molecule has 2 aliphatic rings. The maximum Gasteiger partial charge on any atom is 0.000924 e. The summed E-state index contributed by atoms with van der Waals surface area (Å²) >= 11 is 0. The van der Waals surface area contributed by atoms with E-state index in [1.54, 1.807) is 0 Å². The van der Waals surface area contributed by atoms with Gasteiger partial charge in [0.2, 0.25) is 0 Å². The lowest BCUT2D eigenvalue weighted by Gasteiger charge is -2.37. The fourth-order valence-corrected chi connectivity index (χ4v) is 2.32. The molecule has 2 rings (SSSR count). The van der Waals surface area contributed by atoms with Crippen LogP contribution in [-0.4, -0.2) is 38.1 Å². The van der Waals surface area contributed by atoms with Crippen molar-refractivity contribution in [3.63, 3.8) is 0 Å². The van der Waals surface area contributed by atoms with E-state index in [4.69, 9.17) is 0 Å². The second-order valence-electron chi connectivity index (χ2n) is 4.23. The molecule has 2 heterocycles. The SMILES string of the molecule is CC.CC.CC.CN1CCC2(CCNC2)CC1. The third-order valence-electron chi connectivity index (χ3n) is 3.38. The van der Waals surface area contributed by atoms with Crippen LogP contribution in [0.3, 0.4) is 0 Å². The Kier molecular flexibility index (Phi) is 14.0. The van der Waals surface area contributed by atoms with Gasteiger partial charge in [-0.1, -0.05) is 41.5 Å². The first-order valence-electron chi connectivity index (χ1n) is 7.70. The van der Waals surface area contributed by atoms with Crippen LogP contribution in [0.4, 0.5) is 0 Å². The second-order valence-corrected chi connectivity index (χ2v) is 4.23. The van der Waals surface area contributed by atoms with Gasteiger partial charge in [-0.3, -0.25) is 0 Å². The first kappa shape index (κ1) is 19.3. The molecule has 0 aliphatic carbocycles. The van der Waals surface area contributed by atoms with Crippen molar-refractivity contribution in [1.82, 2.24) is 10.2 Å². The third-order valence-corrected chi connectivity index (χ3v) is 3.38. The first-order valence-corrected chi connectivity index (χ1v) is 7.70. The normalized spacial score (nSPS) is 21.4. The van der Waals surface area contributed by atoms with Crippen LogP contribution in [0.15, 0.2) is 0 Å². The van der Waals surface area contributed by atoms with Crippen LogP contribution in [-0.2, 0) is 0 Å². The van der Waals surface area contributed by atoms with Crippen molar-refractivity contribution in [3.05, 3.63) is 0 Å². The van der Waals surface area contributed by atoms with Crippen molar-refractivity contribution in [2.45, 2.75) is 60.8 Å². The first-order chi connectivity index (χ1) is 8.31. The zero-order valence-corrected chi connectivity index (χ0v) is 13.4. The molecule has 2 heteroatoms. The Morgan fingerprint density at radius 1 is 0.824 bits per heavy atom. The van der Waals surface area contributed by atoms with E-state index in [-0.39, 0.29) is 0 Å². The van der Waals surface area contributed by atoms with E-state index in [0.29, 0.717) is 5.41 Å². The van der Waals surface area contributed by atoms with Crippen LogP contribution >= 0.6 is 0 Å². The highest BCUT2D eigenvalue weighted by molar-refractivity contribution is 4.91. The van der Waals surface area contributed by atoms with E-state index in [2.05, 4.69) is 17.3 Å². The summed E-state index contributed by atoms with van der Waals surface area (Å²) in [6, 6.07) is 0. The Morgan fingerprint density at radius 3 is 1.65 bits per heavy atom. The van der Waals surface area contributed by atoms with Gasteiger partial charge < -0.3 is 10.2 Å². The molecular weight excluding hydrogens is 208 g/mol. The van der Waals surface area contributed by atoms with Crippen LogP contribution in [0.1, 0.15) is 60.8 Å². The smallest absolute Gasteiger partial charge is 0.000924 e. The second kappa shape index (κ2) is 12.4. The molecule has 2 saturated heterocycles. The van der Waals surface area contributed by atoms with Gasteiger partial charge >= 0.3 is 0 Å². The van der Waals surface area contributed by atoms with Crippen LogP contribution in [0.25, 0.3) is 0 Å². The number of rotatable bonds is 0. The zero-order chi connectivity index (χ0) is 13.7. The van der Waals surface area contributed by atoms with Gasteiger partial charge in [0.05, 0.1) is 0 Å². The Balaban J connectivity index is 0. The number of piperidine rings is 1. The zero-order valence-electron chi connectivity index (χ0n) is 13.4. The maximum absolute atomic E-state index is 3.48. The summed E-state index contributed by atoms with van der Waals surface area (Å²) < 4.78 is 0. The summed E-state index contributed by atoms with van der Waals surface area (Å²) in [6.07, 6.45) is 4.24. The topological polar surface area (TPSA) is 15.3 Å². The summed E-state index contributed by atoms with van der Waals surface area (Å²) in [5.41, 5.74) is 0.701. The predicted molar refractivity (Wildman–Crippen MR) is 80.7 cm³/mol. The molecule has 0 aromatic rings. The molecule has 0 unspecified atom stereocenters. The molecule has 0 aromatic heterocycles. The van der Waals surface area contributed by atoms with Crippen molar-refractivity contribution < 1.29 is 0 Å². The maximum atomic E-state index is 3.48. The van der Waals surface area contributed by atoms with Crippen molar-refractivity contribution in [3.8, 4) is 0 Å². The van der Waals surface area contributed by atoms with E-state index in [1.807, 2.05) is 41.5 Å². The highest BCUT2D eigenvalue weighted by Gasteiger charge is 2.35. The van der Waals surface area contributed by atoms with Crippen molar-refractivity contribution in [2.75, 3.05) is 33.2 Å². The molecular formula is C15H36N2. The van der Waals surface area contributed by atoms with E-state index in [0.717, 1.165) is 0 Å². The summed E-state index contributed by atoms with van der Waals surface area (Å²) in [6.45, 7) is 17.1. The molecule has 2 aliphatic heterocycles. The average molecular weight is 244 g/mol. The van der Waals surface area contributed by atoms with Gasteiger partial charge in [-0.05, 0) is 51.4 Å². The lowest BCUT2D eigenvalue weighted by molar-refractivity contribution is 0.140. The number of hydrogen-bond acceptors (Lipinski definition) is 2. The molecule has 2 fully saturated rings. The van der Waals surface area contributed by atoms with Crippen LogP contribution < -0.4 is 5.32 Å². The van der Waals surface area contributed by atoms with Gasteiger partial charge in [0.1, 0.15) is 0 Å². The molecule has 106 valence electrons. The monoisotopic (exact) mass is 244 g/mol. The predicted octanol–water partition coefficient (Wildman–Crippen LogP) is 3.77. The molecule has 0 saturated carbocycles. The lowest BCUT2D eigenvalue weighted by atomic mass is 9.78. The molecule has 2 nitrogen and oxygen atoms in total. The summed E-state index contributed by atoms with van der Waals surface area (Å²) in [4.78, 5) is 2.45. The number of hydrogen-bond donors (Lipinski definition) is 1. The van der Waals surface area contributed by atoms with E-state index in [9.17, 15) is 0 Å². The van der Waals surface area contributed by atoms with Gasteiger partial charge in [0, 0.05) is 6.54 Å². The van der Waals surface area contributed by atoms with Gasteiger partial charge in [-0.15, -0.1) is 0 Å².